The minimum atomic E-state index is -2.65. The van der Waals surface area contributed by atoms with Gasteiger partial charge in [-0.25, -0.2) is 0 Å². The number of benzene rings is 1. The van der Waals surface area contributed by atoms with Crippen LogP contribution in [0.2, 0.25) is 0 Å². The summed E-state index contributed by atoms with van der Waals surface area (Å²) in [6.45, 7) is 4.58. The van der Waals surface area contributed by atoms with Crippen molar-refractivity contribution >= 4 is 23.6 Å². The van der Waals surface area contributed by atoms with Crippen molar-refractivity contribution in [3.63, 3.8) is 0 Å². The molecule has 1 amide bonds. The number of aliphatic carboxylic acids is 1. The lowest BCUT2D eigenvalue weighted by atomic mass is 10.0. The third-order valence-corrected chi connectivity index (χ3v) is 3.47. The van der Waals surface area contributed by atoms with E-state index < -0.39 is 29.7 Å². The number of hydrogen-bond donors (Lipinski definition) is 1. The van der Waals surface area contributed by atoms with Crippen LogP contribution in [-0.4, -0.2) is 39.7 Å². The molecule has 1 rings (SSSR count). The molecule has 0 heterocycles. The normalized spacial score (nSPS) is 11.5. The highest BCUT2D eigenvalue weighted by atomic mass is 32.2. The molecule has 0 atom stereocenters. The number of halogens is 2. The Labute approximate surface area is 126 Å². The number of amides is 1. The van der Waals surface area contributed by atoms with Crippen LogP contribution >= 0.6 is 11.8 Å². The summed E-state index contributed by atoms with van der Waals surface area (Å²) in [6, 6.07) is 5.96. The molecule has 0 bridgehead atoms. The van der Waals surface area contributed by atoms with Gasteiger partial charge in [-0.2, -0.15) is 8.78 Å². The monoisotopic (exact) mass is 317 g/mol. The first-order valence-electron chi connectivity index (χ1n) is 6.20. The van der Waals surface area contributed by atoms with Gasteiger partial charge >= 0.3 is 5.97 Å². The largest absolute Gasteiger partial charge is 0.480 e. The lowest BCUT2D eigenvalue weighted by molar-refractivity contribution is -0.138. The van der Waals surface area contributed by atoms with E-state index in [1.54, 1.807) is 32.9 Å². The van der Waals surface area contributed by atoms with Crippen molar-refractivity contribution in [1.29, 1.82) is 0 Å². The molecule has 0 unspecified atom stereocenters. The number of carbonyl (C=O) groups is 2. The third kappa shape index (κ3) is 5.00. The van der Waals surface area contributed by atoms with Gasteiger partial charge in [0.15, 0.2) is 0 Å². The summed E-state index contributed by atoms with van der Waals surface area (Å²) in [4.78, 5) is 24.8. The number of carboxylic acids is 1. The van der Waals surface area contributed by atoms with Gasteiger partial charge in [-0.15, -0.1) is 0 Å². The van der Waals surface area contributed by atoms with Crippen LogP contribution in [0.1, 0.15) is 31.1 Å². The highest BCUT2D eigenvalue weighted by Gasteiger charge is 2.30. The Morgan fingerprint density at radius 3 is 2.33 bits per heavy atom. The predicted octanol–water partition coefficient (Wildman–Crippen LogP) is 3.33. The van der Waals surface area contributed by atoms with Crippen LogP contribution in [-0.2, 0) is 4.79 Å². The van der Waals surface area contributed by atoms with Gasteiger partial charge in [-0.3, -0.25) is 9.59 Å². The predicted molar refractivity (Wildman–Crippen MR) is 76.7 cm³/mol. The Morgan fingerprint density at radius 2 is 1.86 bits per heavy atom. The first-order valence-corrected chi connectivity index (χ1v) is 7.08. The topological polar surface area (TPSA) is 57.6 Å². The molecule has 0 fully saturated rings. The molecule has 1 N–H and O–H groups in total. The van der Waals surface area contributed by atoms with Gasteiger partial charge < -0.3 is 10.0 Å². The van der Waals surface area contributed by atoms with Gasteiger partial charge in [0.25, 0.3) is 11.7 Å². The van der Waals surface area contributed by atoms with Crippen LogP contribution in [0.15, 0.2) is 29.2 Å². The average Bonchev–Trinajstić information content (AvgIpc) is 2.33. The summed E-state index contributed by atoms with van der Waals surface area (Å²) < 4.78 is 25.1. The number of rotatable bonds is 5. The van der Waals surface area contributed by atoms with Crippen molar-refractivity contribution in [3.05, 3.63) is 29.8 Å². The molecule has 0 saturated carbocycles. The number of carboxylic acid groups (broad SMARTS) is 1. The Kier molecular flexibility index (Phi) is 5.71. The summed E-state index contributed by atoms with van der Waals surface area (Å²) >= 11 is 0.272. The number of hydrogen-bond acceptors (Lipinski definition) is 3. The lowest BCUT2D eigenvalue weighted by Crippen LogP contribution is -2.48. The van der Waals surface area contributed by atoms with Crippen molar-refractivity contribution in [2.45, 2.75) is 37.0 Å². The maximum Gasteiger partial charge on any atom is 0.323 e. The van der Waals surface area contributed by atoms with Gasteiger partial charge in [-0.1, -0.05) is 23.9 Å². The van der Waals surface area contributed by atoms with E-state index in [0.717, 1.165) is 4.90 Å². The van der Waals surface area contributed by atoms with E-state index in [2.05, 4.69) is 0 Å². The second-order valence-corrected chi connectivity index (χ2v) is 6.36. The molecule has 0 radical (unpaired) electrons. The number of nitrogens with zero attached hydrogens (tertiary/aromatic N) is 1. The highest BCUT2D eigenvalue weighted by Crippen LogP contribution is 2.30. The van der Waals surface area contributed by atoms with E-state index in [1.165, 1.54) is 12.1 Å². The molecular weight excluding hydrogens is 300 g/mol. The minimum absolute atomic E-state index is 0.0824. The Balaban J connectivity index is 3.18. The van der Waals surface area contributed by atoms with Gasteiger partial charge in [0.05, 0.1) is 5.56 Å². The van der Waals surface area contributed by atoms with Crippen LogP contribution in [0.3, 0.4) is 0 Å². The molecule has 0 spiro atoms. The van der Waals surface area contributed by atoms with E-state index in [4.69, 9.17) is 5.11 Å². The third-order valence-electron chi connectivity index (χ3n) is 2.68. The fourth-order valence-corrected chi connectivity index (χ4v) is 2.37. The molecule has 21 heavy (non-hydrogen) atoms. The zero-order valence-corrected chi connectivity index (χ0v) is 12.8. The first-order chi connectivity index (χ1) is 9.62. The summed E-state index contributed by atoms with van der Waals surface area (Å²) in [5, 5.41) is 8.94. The number of carbonyl (C=O) groups excluding carboxylic acids is 1. The quantitative estimate of drug-likeness (QED) is 0.846. The number of alkyl halides is 2. The molecule has 0 saturated heterocycles. The van der Waals surface area contributed by atoms with Crippen molar-refractivity contribution in [2.24, 2.45) is 0 Å². The van der Waals surface area contributed by atoms with Crippen molar-refractivity contribution < 1.29 is 23.5 Å². The van der Waals surface area contributed by atoms with Crippen molar-refractivity contribution in [1.82, 2.24) is 4.90 Å². The van der Waals surface area contributed by atoms with Gasteiger partial charge in [0, 0.05) is 10.4 Å². The Morgan fingerprint density at radius 1 is 1.29 bits per heavy atom. The van der Waals surface area contributed by atoms with Gasteiger partial charge in [0.1, 0.15) is 6.54 Å². The zero-order chi connectivity index (χ0) is 16.2. The van der Waals surface area contributed by atoms with Gasteiger partial charge in [-0.05, 0) is 32.9 Å². The zero-order valence-electron chi connectivity index (χ0n) is 12.0. The molecule has 1 aromatic rings. The van der Waals surface area contributed by atoms with E-state index in [1.807, 2.05) is 0 Å². The molecule has 0 aliphatic rings. The van der Waals surface area contributed by atoms with Crippen LogP contribution in [0.5, 0.6) is 0 Å². The molecule has 7 heteroatoms. The molecular formula is C14H17F2NO3S. The summed E-state index contributed by atoms with van der Waals surface area (Å²) in [7, 11) is 0. The Hall–Kier alpha value is -1.63. The molecule has 0 aliphatic heterocycles. The SMILES string of the molecule is CC(C)(C)N(CC(=O)O)C(=O)c1ccccc1SC(F)F. The molecule has 0 aliphatic carbocycles. The molecule has 116 valence electrons. The fraction of sp³-hybridized carbons (Fsp3) is 0.429. The average molecular weight is 317 g/mol. The standard InChI is InChI=1S/C14H17F2NO3S/c1-14(2,3)17(8-11(18)19)12(20)9-6-4-5-7-10(9)21-13(15)16/h4-7,13H,8H2,1-3H3,(H,18,19). The lowest BCUT2D eigenvalue weighted by Gasteiger charge is -2.34. The summed E-state index contributed by atoms with van der Waals surface area (Å²) in [5.41, 5.74) is -0.656. The highest BCUT2D eigenvalue weighted by molar-refractivity contribution is 7.99. The second kappa shape index (κ2) is 6.89. The van der Waals surface area contributed by atoms with E-state index in [0.29, 0.717) is 0 Å². The minimum Gasteiger partial charge on any atom is -0.480 e. The fourth-order valence-electron chi connectivity index (χ4n) is 1.74. The Bertz CT molecular complexity index is 529. The van der Waals surface area contributed by atoms with E-state index >= 15 is 0 Å². The first kappa shape index (κ1) is 17.4. The van der Waals surface area contributed by atoms with Crippen LogP contribution in [0.4, 0.5) is 8.78 Å². The second-order valence-electron chi connectivity index (χ2n) is 5.33. The maximum absolute atomic E-state index is 12.6. The van der Waals surface area contributed by atoms with Crippen molar-refractivity contribution in [3.8, 4) is 0 Å². The summed E-state index contributed by atoms with van der Waals surface area (Å²) in [5.74, 6) is -4.38. The smallest absolute Gasteiger partial charge is 0.323 e. The molecule has 4 nitrogen and oxygen atoms in total. The van der Waals surface area contributed by atoms with E-state index in [9.17, 15) is 18.4 Å². The van der Waals surface area contributed by atoms with Gasteiger partial charge in [0.2, 0.25) is 0 Å². The van der Waals surface area contributed by atoms with Crippen LogP contribution < -0.4 is 0 Å². The van der Waals surface area contributed by atoms with Crippen LogP contribution in [0.25, 0.3) is 0 Å². The summed E-state index contributed by atoms with van der Waals surface area (Å²) in [6.07, 6.45) is 0. The molecule has 1 aromatic carbocycles. The van der Waals surface area contributed by atoms with Crippen molar-refractivity contribution in [2.75, 3.05) is 6.54 Å². The number of thioether (sulfide) groups is 1. The van der Waals surface area contributed by atoms with Crippen LogP contribution in [0, 0.1) is 0 Å². The van der Waals surface area contributed by atoms with E-state index in [-0.39, 0.29) is 22.2 Å². The maximum atomic E-state index is 12.6. The molecule has 0 aromatic heterocycles.